The minimum Gasteiger partial charge on any atom is -0.381 e. The van der Waals surface area contributed by atoms with Crippen molar-refractivity contribution < 1.29 is 14.4 Å². The van der Waals surface area contributed by atoms with Gasteiger partial charge in [-0.1, -0.05) is 0 Å². The average molecular weight is 764 g/mol. The number of nitrogens with one attached hydrogen (secondary N) is 3. The fourth-order valence-electron chi connectivity index (χ4n) is 9.47. The van der Waals surface area contributed by atoms with Gasteiger partial charge in [0.15, 0.2) is 0 Å². The predicted octanol–water partition coefficient (Wildman–Crippen LogP) is 4.83. The van der Waals surface area contributed by atoms with Gasteiger partial charge in [-0.3, -0.25) is 33.7 Å². The highest BCUT2D eigenvalue weighted by molar-refractivity contribution is 7.21. The highest BCUT2D eigenvalue weighted by Gasteiger charge is 2.33. The molecule has 3 aromatic heterocycles. The van der Waals surface area contributed by atoms with Gasteiger partial charge in [0.2, 0.25) is 11.8 Å². The van der Waals surface area contributed by atoms with Crippen molar-refractivity contribution >= 4 is 78.3 Å². The number of imide groups is 1. The number of benzene rings is 2. The molecule has 1 unspecified atom stereocenters. The number of aromatic nitrogens is 3. The van der Waals surface area contributed by atoms with E-state index in [1.54, 1.807) is 27.5 Å². The first-order valence-electron chi connectivity index (χ1n) is 19.8. The summed E-state index contributed by atoms with van der Waals surface area (Å²) in [4.78, 5) is 63.9. The first-order chi connectivity index (χ1) is 26.5. The molecule has 3 amide bonds. The molecule has 3 saturated heterocycles. The Bertz CT molecular complexity index is 2400. The summed E-state index contributed by atoms with van der Waals surface area (Å²) in [7, 11) is 1.75. The molecule has 55 heavy (non-hydrogen) atoms. The van der Waals surface area contributed by atoms with E-state index in [0.29, 0.717) is 31.0 Å². The maximum absolute atomic E-state index is 13.3. The number of fused-ring (bicyclic) bond motifs is 6. The number of pyridine rings is 1. The number of carbonyl (C=O) groups excluding carboxylic acids is 3. The minimum absolute atomic E-state index is 0.0108. The van der Waals surface area contributed by atoms with Crippen molar-refractivity contribution in [1.29, 1.82) is 0 Å². The van der Waals surface area contributed by atoms with Crippen LogP contribution in [0.15, 0.2) is 47.3 Å². The van der Waals surface area contributed by atoms with E-state index >= 15 is 0 Å². The van der Waals surface area contributed by atoms with Gasteiger partial charge in [0.05, 0.1) is 22.2 Å². The zero-order valence-corrected chi connectivity index (χ0v) is 32.7. The van der Waals surface area contributed by atoms with E-state index in [2.05, 4.69) is 80.9 Å². The molecule has 2 aromatic carbocycles. The van der Waals surface area contributed by atoms with Crippen molar-refractivity contribution in [1.82, 2.24) is 29.7 Å². The van der Waals surface area contributed by atoms with E-state index in [1.807, 2.05) is 13.0 Å². The summed E-state index contributed by atoms with van der Waals surface area (Å²) in [6.07, 6.45) is 3.97. The third-order valence-corrected chi connectivity index (χ3v) is 13.6. The van der Waals surface area contributed by atoms with Gasteiger partial charge in [0.1, 0.15) is 16.7 Å². The summed E-state index contributed by atoms with van der Waals surface area (Å²) in [5.74, 6) is 0.949. The molecule has 4 atom stereocenters. The Morgan fingerprint density at radius 3 is 2.44 bits per heavy atom. The van der Waals surface area contributed by atoms with Crippen LogP contribution in [0.5, 0.6) is 0 Å². The summed E-state index contributed by atoms with van der Waals surface area (Å²) in [5, 5.41) is 11.2. The number of piperazine rings is 1. The average Bonchev–Trinajstić information content (AvgIpc) is 3.62. The monoisotopic (exact) mass is 763 g/mol. The lowest BCUT2D eigenvalue weighted by molar-refractivity contribution is -0.135. The van der Waals surface area contributed by atoms with Gasteiger partial charge in [0, 0.05) is 85.5 Å². The van der Waals surface area contributed by atoms with Gasteiger partial charge in [0.25, 0.3) is 5.91 Å². The molecule has 0 spiro atoms. The van der Waals surface area contributed by atoms with Crippen molar-refractivity contribution in [3.63, 3.8) is 0 Å². The number of nitrogens with zero attached hydrogens (tertiary/aromatic N) is 6. The summed E-state index contributed by atoms with van der Waals surface area (Å²) in [6.45, 7) is 12.2. The molecular weight excluding hydrogens is 715 g/mol. The van der Waals surface area contributed by atoms with Crippen LogP contribution in [0.2, 0.25) is 0 Å². The fraction of sp³-hybridized carbons (Fsp3) is 0.488. The van der Waals surface area contributed by atoms with Crippen LogP contribution in [0, 0.1) is 5.92 Å². The molecule has 288 valence electrons. The van der Waals surface area contributed by atoms with Gasteiger partial charge in [-0.25, -0.2) is 9.78 Å². The zero-order chi connectivity index (χ0) is 38.1. The zero-order valence-electron chi connectivity index (χ0n) is 31.9. The number of piperidine rings is 2. The van der Waals surface area contributed by atoms with E-state index in [-0.39, 0.29) is 30.0 Å². The number of rotatable bonds is 6. The molecule has 4 aliphatic rings. The molecule has 0 aliphatic carbocycles. The summed E-state index contributed by atoms with van der Waals surface area (Å²) >= 11 is 1.54. The lowest BCUT2D eigenvalue weighted by Gasteiger charge is -2.45. The second kappa shape index (κ2) is 14.0. The van der Waals surface area contributed by atoms with E-state index in [4.69, 9.17) is 4.98 Å². The summed E-state index contributed by atoms with van der Waals surface area (Å²) in [5.41, 5.74) is 4.25. The first-order valence-corrected chi connectivity index (χ1v) is 20.6. The smallest absolute Gasteiger partial charge is 0.329 e. The third kappa shape index (κ3) is 6.32. The Morgan fingerprint density at radius 2 is 1.67 bits per heavy atom. The molecule has 14 heteroatoms. The molecule has 0 radical (unpaired) electrons. The highest BCUT2D eigenvalue weighted by Crippen LogP contribution is 2.41. The molecule has 0 saturated carbocycles. The van der Waals surface area contributed by atoms with Crippen molar-refractivity contribution in [3.8, 4) is 0 Å². The maximum Gasteiger partial charge on any atom is 0.329 e. The molecule has 5 aromatic rings. The van der Waals surface area contributed by atoms with Crippen LogP contribution in [0.25, 0.3) is 32.0 Å². The highest BCUT2D eigenvalue weighted by atomic mass is 32.1. The van der Waals surface area contributed by atoms with E-state index in [1.165, 1.54) is 6.42 Å². The second-order valence-electron chi connectivity index (χ2n) is 16.1. The molecule has 0 bridgehead atoms. The SMILES string of the molecule is C[C@@H]1CNc2c(sc3ccc4nc(N5C[C@@H](C)N(CCC6CCN(c7ccc8c(c7)n(C)c(=O)n8C7CCC(=O)NC7=O)CC6)[C@@H](C)C5)ccc4c23)C(=O)N1. The number of hydrogen-bond acceptors (Lipinski definition) is 10. The van der Waals surface area contributed by atoms with Crippen LogP contribution in [0.4, 0.5) is 17.2 Å². The Labute approximate surface area is 323 Å². The van der Waals surface area contributed by atoms with Crippen LogP contribution in [0.1, 0.15) is 68.6 Å². The number of anilines is 3. The number of thiophene rings is 1. The largest absolute Gasteiger partial charge is 0.381 e. The number of carbonyl (C=O) groups is 3. The van der Waals surface area contributed by atoms with Gasteiger partial charge in [-0.15, -0.1) is 11.3 Å². The van der Waals surface area contributed by atoms with Gasteiger partial charge < -0.3 is 20.4 Å². The van der Waals surface area contributed by atoms with Crippen LogP contribution in [-0.2, 0) is 16.6 Å². The van der Waals surface area contributed by atoms with Crippen LogP contribution < -0.4 is 31.4 Å². The molecular formula is C41H49N9O4S. The molecule has 3 fully saturated rings. The van der Waals surface area contributed by atoms with Gasteiger partial charge >= 0.3 is 5.69 Å². The molecule has 13 nitrogen and oxygen atoms in total. The molecule has 9 rings (SSSR count). The van der Waals surface area contributed by atoms with Crippen molar-refractivity contribution in [2.75, 3.05) is 54.4 Å². The van der Waals surface area contributed by atoms with Crippen molar-refractivity contribution in [2.45, 2.75) is 77.0 Å². The van der Waals surface area contributed by atoms with Crippen LogP contribution in [-0.4, -0.2) is 94.1 Å². The fourth-order valence-corrected chi connectivity index (χ4v) is 10.6. The van der Waals surface area contributed by atoms with E-state index in [9.17, 15) is 19.2 Å². The summed E-state index contributed by atoms with van der Waals surface area (Å²) in [6, 6.07) is 14.8. The Balaban J connectivity index is 0.822. The quantitative estimate of drug-likeness (QED) is 0.208. The first kappa shape index (κ1) is 35.7. The van der Waals surface area contributed by atoms with E-state index < -0.39 is 11.9 Å². The molecule has 3 N–H and O–H groups in total. The number of imidazole rings is 1. The lowest BCUT2D eigenvalue weighted by Crippen LogP contribution is -2.57. The number of hydrogen-bond donors (Lipinski definition) is 3. The Morgan fingerprint density at radius 1 is 0.891 bits per heavy atom. The number of amides is 3. The second-order valence-corrected chi connectivity index (χ2v) is 17.2. The van der Waals surface area contributed by atoms with Gasteiger partial charge in [-0.05, 0) is 101 Å². The van der Waals surface area contributed by atoms with Crippen LogP contribution in [0.3, 0.4) is 0 Å². The van der Waals surface area contributed by atoms with Gasteiger partial charge in [-0.2, -0.15) is 0 Å². The Kier molecular flexibility index (Phi) is 9.07. The van der Waals surface area contributed by atoms with Crippen LogP contribution >= 0.6 is 11.3 Å². The predicted molar refractivity (Wildman–Crippen MR) is 219 cm³/mol. The van der Waals surface area contributed by atoms with Crippen molar-refractivity contribution in [3.05, 3.63) is 57.8 Å². The third-order valence-electron chi connectivity index (χ3n) is 12.5. The normalized spacial score (nSPS) is 24.3. The molecule has 4 aliphatic heterocycles. The van der Waals surface area contributed by atoms with Crippen molar-refractivity contribution in [2.24, 2.45) is 13.0 Å². The topological polar surface area (TPSA) is 137 Å². The minimum atomic E-state index is -0.679. The Hall–Kier alpha value is -4.95. The lowest BCUT2D eigenvalue weighted by atomic mass is 9.92. The van der Waals surface area contributed by atoms with E-state index in [0.717, 1.165) is 99.7 Å². The summed E-state index contributed by atoms with van der Waals surface area (Å²) < 4.78 is 4.25. The molecule has 7 heterocycles. The standard InChI is InChI=1S/C41H49N9O4S/c1-23-20-42-37-36-28-6-11-34(44-29(28)7-10-33(36)55-38(37)40(53)43-23)48-21-24(2)49(25(3)22-48)18-15-26-13-16-47(17-14-26)27-5-8-30-32(19-27)46(4)41(54)50(30)31-9-12-35(51)45-39(31)52/h5-8,10-11,19,23-26,31,42H,9,12-18,20-22H2,1-4H3,(H,43,53)(H,45,51,52)/t23-,24-,25+,31?/m1/s1. The maximum atomic E-state index is 13.3. The number of aryl methyl sites for hydroxylation is 1.